The highest BCUT2D eigenvalue weighted by molar-refractivity contribution is 7.91. The van der Waals surface area contributed by atoms with E-state index in [0.717, 1.165) is 12.1 Å². The van der Waals surface area contributed by atoms with E-state index < -0.39 is 20.5 Å². The molecule has 0 bridgehead atoms. The number of hydrogen-bond donors (Lipinski definition) is 1. The molecule has 0 aliphatic carbocycles. The molecular formula is C16H24F2N2O3S. The van der Waals surface area contributed by atoms with Gasteiger partial charge in [-0.15, -0.1) is 0 Å². The topological polar surface area (TPSA) is 80.5 Å². The number of hydrogen-bond acceptors (Lipinski definition) is 4. The van der Waals surface area contributed by atoms with Gasteiger partial charge in [0.25, 0.3) is 0 Å². The average molecular weight is 362 g/mol. The Morgan fingerprint density at radius 1 is 1.21 bits per heavy atom. The number of carbonyl (C=O) groups excluding carboxylic acids is 1. The van der Waals surface area contributed by atoms with Crippen molar-refractivity contribution in [3.05, 3.63) is 29.8 Å². The molecule has 1 atom stereocenters. The molecule has 0 aromatic heterocycles. The van der Waals surface area contributed by atoms with Gasteiger partial charge in [-0.25, -0.2) is 8.42 Å². The molecule has 1 unspecified atom stereocenters. The molecular weight excluding hydrogens is 338 g/mol. The molecule has 0 fully saturated rings. The van der Waals surface area contributed by atoms with Crippen molar-refractivity contribution in [1.82, 2.24) is 4.90 Å². The van der Waals surface area contributed by atoms with Crippen LogP contribution in [-0.2, 0) is 21.1 Å². The molecule has 0 spiro atoms. The van der Waals surface area contributed by atoms with E-state index >= 15 is 0 Å². The smallest absolute Gasteiger partial charge is 0.341 e. The lowest BCUT2D eigenvalue weighted by molar-refractivity contribution is -0.129. The number of alkyl halides is 2. The highest BCUT2D eigenvalue weighted by Crippen LogP contribution is 2.19. The number of amides is 1. The summed E-state index contributed by atoms with van der Waals surface area (Å²) in [6.45, 7) is 4.55. The maximum atomic E-state index is 12.5. The van der Waals surface area contributed by atoms with Crippen LogP contribution in [0, 0.1) is 5.92 Å². The van der Waals surface area contributed by atoms with Crippen LogP contribution in [-0.4, -0.2) is 44.6 Å². The van der Waals surface area contributed by atoms with Crippen molar-refractivity contribution >= 4 is 15.7 Å². The van der Waals surface area contributed by atoms with Crippen LogP contribution in [0.1, 0.15) is 25.8 Å². The van der Waals surface area contributed by atoms with Gasteiger partial charge in [-0.1, -0.05) is 26.0 Å². The zero-order valence-electron chi connectivity index (χ0n) is 14.1. The van der Waals surface area contributed by atoms with Crippen molar-refractivity contribution in [3.8, 4) is 0 Å². The minimum absolute atomic E-state index is 0.0130. The number of carbonyl (C=O) groups is 1. The van der Waals surface area contributed by atoms with Crippen molar-refractivity contribution in [1.29, 1.82) is 0 Å². The van der Waals surface area contributed by atoms with Crippen LogP contribution in [0.2, 0.25) is 0 Å². The Morgan fingerprint density at radius 2 is 1.75 bits per heavy atom. The molecule has 0 saturated carbocycles. The van der Waals surface area contributed by atoms with Gasteiger partial charge in [0, 0.05) is 19.6 Å². The third kappa shape index (κ3) is 5.52. The van der Waals surface area contributed by atoms with Crippen molar-refractivity contribution < 1.29 is 22.0 Å². The Morgan fingerprint density at radius 3 is 2.21 bits per heavy atom. The van der Waals surface area contributed by atoms with Crippen molar-refractivity contribution in [2.75, 3.05) is 13.6 Å². The second kappa shape index (κ2) is 8.53. The first-order chi connectivity index (χ1) is 11.1. The van der Waals surface area contributed by atoms with Gasteiger partial charge in [0.2, 0.25) is 15.7 Å². The van der Waals surface area contributed by atoms with Crippen molar-refractivity contribution in [2.24, 2.45) is 11.7 Å². The molecule has 8 heteroatoms. The second-order valence-corrected chi connectivity index (χ2v) is 8.06. The Kier molecular flexibility index (Phi) is 7.28. The van der Waals surface area contributed by atoms with Gasteiger partial charge >= 0.3 is 5.76 Å². The Labute approximate surface area is 141 Å². The first-order valence-corrected chi connectivity index (χ1v) is 9.21. The molecule has 5 nitrogen and oxygen atoms in total. The van der Waals surface area contributed by atoms with Gasteiger partial charge in [0.15, 0.2) is 0 Å². The quantitative estimate of drug-likeness (QED) is 0.768. The number of nitrogens with two attached hydrogens (primary N) is 1. The van der Waals surface area contributed by atoms with Crippen molar-refractivity contribution in [3.63, 3.8) is 0 Å². The highest BCUT2D eigenvalue weighted by atomic mass is 32.2. The summed E-state index contributed by atoms with van der Waals surface area (Å²) >= 11 is 0. The maximum Gasteiger partial charge on any atom is 0.341 e. The van der Waals surface area contributed by atoms with Crippen LogP contribution < -0.4 is 5.73 Å². The molecule has 1 aromatic rings. The molecule has 1 aromatic carbocycles. The summed E-state index contributed by atoms with van der Waals surface area (Å²) in [7, 11) is -2.94. The first kappa shape index (κ1) is 20.5. The monoisotopic (exact) mass is 362 g/mol. The number of rotatable bonds is 8. The zero-order valence-corrected chi connectivity index (χ0v) is 14.9. The van der Waals surface area contributed by atoms with E-state index in [-0.39, 0.29) is 18.4 Å². The first-order valence-electron chi connectivity index (χ1n) is 7.66. The predicted molar refractivity (Wildman–Crippen MR) is 88.4 cm³/mol. The number of likely N-dealkylation sites (N-methyl/N-ethyl adjacent to an activating group) is 1. The summed E-state index contributed by atoms with van der Waals surface area (Å²) in [4.78, 5) is 13.2. The summed E-state index contributed by atoms with van der Waals surface area (Å²) < 4.78 is 47.6. The lowest BCUT2D eigenvalue weighted by Gasteiger charge is -2.21. The maximum absolute atomic E-state index is 12.5. The summed E-state index contributed by atoms with van der Waals surface area (Å²) in [5, 5.41) is 0. The van der Waals surface area contributed by atoms with Crippen LogP contribution >= 0.6 is 0 Å². The molecule has 0 aliphatic rings. The van der Waals surface area contributed by atoms with Gasteiger partial charge in [0.05, 0.1) is 11.3 Å². The molecule has 0 aliphatic heterocycles. The van der Waals surface area contributed by atoms with E-state index in [1.165, 1.54) is 12.1 Å². The molecule has 1 rings (SSSR count). The third-order valence-electron chi connectivity index (χ3n) is 3.92. The van der Waals surface area contributed by atoms with E-state index in [1.54, 1.807) is 11.9 Å². The van der Waals surface area contributed by atoms with Crippen LogP contribution in [0.3, 0.4) is 0 Å². The Hall–Kier alpha value is -1.54. The SMILES string of the molecule is CC(C)C(N)CCN(C)C(=O)Cc1ccc(S(=O)(=O)C(F)F)cc1. The van der Waals surface area contributed by atoms with Crippen molar-refractivity contribution in [2.45, 2.75) is 43.4 Å². The van der Waals surface area contributed by atoms with E-state index in [1.807, 2.05) is 13.8 Å². The normalized spacial score (nSPS) is 13.3. The zero-order chi connectivity index (χ0) is 18.5. The molecule has 0 saturated heterocycles. The van der Waals surface area contributed by atoms with Gasteiger partial charge in [-0.3, -0.25) is 4.79 Å². The summed E-state index contributed by atoms with van der Waals surface area (Å²) in [6.07, 6.45) is 0.758. The minimum atomic E-state index is -4.61. The number of nitrogens with zero attached hydrogens (tertiary/aromatic N) is 1. The lowest BCUT2D eigenvalue weighted by Crippen LogP contribution is -2.35. The van der Waals surface area contributed by atoms with E-state index in [9.17, 15) is 22.0 Å². The van der Waals surface area contributed by atoms with E-state index in [0.29, 0.717) is 24.4 Å². The Balaban J connectivity index is 2.65. The summed E-state index contributed by atoms with van der Waals surface area (Å²) in [5.41, 5.74) is 6.51. The standard InChI is InChI=1S/C16H24F2N2O3S/c1-11(2)14(19)8-9-20(3)15(21)10-12-4-6-13(7-5-12)24(22,23)16(17)18/h4-7,11,14,16H,8-10,19H2,1-3H3. The minimum Gasteiger partial charge on any atom is -0.345 e. The molecule has 0 heterocycles. The number of sulfone groups is 1. The lowest BCUT2D eigenvalue weighted by atomic mass is 10.0. The van der Waals surface area contributed by atoms with Crippen LogP contribution in [0.5, 0.6) is 0 Å². The molecule has 0 radical (unpaired) electrons. The molecule has 136 valence electrons. The number of halogens is 2. The average Bonchev–Trinajstić information content (AvgIpc) is 2.52. The van der Waals surface area contributed by atoms with Crippen LogP contribution in [0.4, 0.5) is 8.78 Å². The highest BCUT2D eigenvalue weighted by Gasteiger charge is 2.26. The van der Waals surface area contributed by atoms with Gasteiger partial charge in [0.1, 0.15) is 0 Å². The van der Waals surface area contributed by atoms with E-state index in [4.69, 9.17) is 5.73 Å². The Bertz CT molecular complexity index is 646. The van der Waals surface area contributed by atoms with Gasteiger partial charge < -0.3 is 10.6 Å². The fourth-order valence-corrected chi connectivity index (χ4v) is 2.73. The molecule has 1 amide bonds. The summed E-state index contributed by atoms with van der Waals surface area (Å²) in [5.74, 6) is -3.27. The van der Waals surface area contributed by atoms with Gasteiger partial charge in [-0.2, -0.15) is 8.78 Å². The van der Waals surface area contributed by atoms with E-state index in [2.05, 4.69) is 0 Å². The molecule has 2 N–H and O–H groups in total. The van der Waals surface area contributed by atoms with Gasteiger partial charge in [-0.05, 0) is 30.0 Å². The van der Waals surface area contributed by atoms with Crippen LogP contribution in [0.25, 0.3) is 0 Å². The predicted octanol–water partition coefficient (Wildman–Crippen LogP) is 2.06. The molecule has 24 heavy (non-hydrogen) atoms. The second-order valence-electron chi connectivity index (χ2n) is 6.14. The fourth-order valence-electron chi connectivity index (χ4n) is 2.01. The van der Waals surface area contributed by atoms with Crippen LogP contribution in [0.15, 0.2) is 29.2 Å². The summed E-state index contributed by atoms with van der Waals surface area (Å²) in [6, 6.07) is 4.96. The fraction of sp³-hybridized carbons (Fsp3) is 0.562. The largest absolute Gasteiger partial charge is 0.345 e. The third-order valence-corrected chi connectivity index (χ3v) is 5.32. The number of benzene rings is 1.